The van der Waals surface area contributed by atoms with Crippen molar-refractivity contribution in [3.05, 3.63) is 29.6 Å². The number of nitrogens with one attached hydrogen (secondary N) is 1. The van der Waals surface area contributed by atoms with Crippen molar-refractivity contribution in [3.63, 3.8) is 0 Å². The number of carboxylic acid groups (broad SMARTS) is 1. The summed E-state index contributed by atoms with van der Waals surface area (Å²) in [4.78, 5) is 10.9. The van der Waals surface area contributed by atoms with Gasteiger partial charge in [0.15, 0.2) is 5.82 Å². The summed E-state index contributed by atoms with van der Waals surface area (Å²) in [7, 11) is -3.88. The average Bonchev–Trinajstić information content (AvgIpc) is 2.40. The van der Waals surface area contributed by atoms with Crippen molar-refractivity contribution in [2.75, 3.05) is 17.8 Å². The summed E-state index contributed by atoms with van der Waals surface area (Å²) in [5.74, 6) is -2.29. The van der Waals surface area contributed by atoms with Crippen LogP contribution >= 0.6 is 0 Å². The predicted octanol–water partition coefficient (Wildman–Crippen LogP) is 1.91. The van der Waals surface area contributed by atoms with Crippen LogP contribution in [0.25, 0.3) is 0 Å². The number of hydrogen-bond acceptors (Lipinski definition) is 3. The molecule has 2 rings (SSSR count). The molecule has 1 fully saturated rings. The zero-order chi connectivity index (χ0) is 15.6. The molecule has 8 heteroatoms. The van der Waals surface area contributed by atoms with E-state index in [1.54, 1.807) is 0 Å². The van der Waals surface area contributed by atoms with Gasteiger partial charge in [0.2, 0.25) is 0 Å². The number of carboxylic acids is 1. The number of nitrogens with zero attached hydrogens (tertiary/aromatic N) is 1. The summed E-state index contributed by atoms with van der Waals surface area (Å²) < 4.78 is 41.8. The van der Waals surface area contributed by atoms with Crippen molar-refractivity contribution in [2.24, 2.45) is 5.92 Å². The highest BCUT2D eigenvalue weighted by Crippen LogP contribution is 2.23. The van der Waals surface area contributed by atoms with E-state index in [-0.39, 0.29) is 11.6 Å². The minimum atomic E-state index is -3.88. The number of piperidine rings is 1. The van der Waals surface area contributed by atoms with Crippen LogP contribution in [0.2, 0.25) is 0 Å². The monoisotopic (exact) mass is 316 g/mol. The summed E-state index contributed by atoms with van der Waals surface area (Å²) in [6, 6.07) is 3.58. The Labute approximate surface area is 122 Å². The maximum Gasteiger partial charge on any atom is 0.338 e. The maximum atomic E-state index is 14.0. The first-order chi connectivity index (χ1) is 9.81. The first-order valence-corrected chi connectivity index (χ1v) is 8.05. The fraction of sp³-hybridized carbons (Fsp3) is 0.462. The fourth-order valence-corrected chi connectivity index (χ4v) is 3.73. The van der Waals surface area contributed by atoms with Crippen LogP contribution in [0.4, 0.5) is 10.1 Å². The molecular formula is C13H17FN2O4S. The third-order valence-electron chi connectivity index (χ3n) is 3.43. The zero-order valence-corrected chi connectivity index (χ0v) is 12.4. The molecule has 1 atom stereocenters. The van der Waals surface area contributed by atoms with Crippen LogP contribution in [-0.2, 0) is 10.2 Å². The van der Waals surface area contributed by atoms with Gasteiger partial charge < -0.3 is 5.11 Å². The van der Waals surface area contributed by atoms with Crippen molar-refractivity contribution in [1.82, 2.24) is 4.31 Å². The Hall–Kier alpha value is -1.67. The van der Waals surface area contributed by atoms with Crippen LogP contribution in [-0.4, -0.2) is 36.9 Å². The molecule has 0 radical (unpaired) electrons. The number of hydrogen-bond donors (Lipinski definition) is 2. The lowest BCUT2D eigenvalue weighted by Crippen LogP contribution is -2.42. The van der Waals surface area contributed by atoms with Gasteiger partial charge >= 0.3 is 16.2 Å². The Morgan fingerprint density at radius 3 is 2.81 bits per heavy atom. The lowest BCUT2D eigenvalue weighted by Gasteiger charge is -2.30. The van der Waals surface area contributed by atoms with Gasteiger partial charge in [0.05, 0.1) is 11.3 Å². The van der Waals surface area contributed by atoms with E-state index in [2.05, 4.69) is 4.72 Å². The Bertz CT molecular complexity index is 648. The van der Waals surface area contributed by atoms with Gasteiger partial charge in [-0.25, -0.2) is 9.18 Å². The SMILES string of the molecule is CC1CCCN(S(=O)(=O)Nc2cccc(C(=O)O)c2F)C1. The van der Waals surface area contributed by atoms with Crippen LogP contribution in [0.1, 0.15) is 30.1 Å². The maximum absolute atomic E-state index is 14.0. The van der Waals surface area contributed by atoms with Gasteiger partial charge in [-0.1, -0.05) is 13.0 Å². The highest BCUT2D eigenvalue weighted by atomic mass is 32.2. The second-order valence-electron chi connectivity index (χ2n) is 5.18. The Morgan fingerprint density at radius 2 is 2.19 bits per heavy atom. The van der Waals surface area contributed by atoms with Gasteiger partial charge in [0.1, 0.15) is 0 Å². The number of rotatable bonds is 4. The van der Waals surface area contributed by atoms with Crippen LogP contribution in [0.5, 0.6) is 0 Å². The van der Waals surface area contributed by atoms with E-state index >= 15 is 0 Å². The molecule has 0 spiro atoms. The third kappa shape index (κ3) is 3.51. The molecule has 21 heavy (non-hydrogen) atoms. The van der Waals surface area contributed by atoms with Gasteiger partial charge in [-0.05, 0) is 30.9 Å². The molecule has 1 aromatic carbocycles. The lowest BCUT2D eigenvalue weighted by molar-refractivity contribution is 0.0692. The number of anilines is 1. The Balaban J connectivity index is 2.24. The molecule has 1 aliphatic heterocycles. The summed E-state index contributed by atoms with van der Waals surface area (Å²) in [6.45, 7) is 2.70. The molecule has 0 aliphatic carbocycles. The highest BCUT2D eigenvalue weighted by molar-refractivity contribution is 7.90. The van der Waals surface area contributed by atoms with Crippen LogP contribution in [0.15, 0.2) is 18.2 Å². The van der Waals surface area contributed by atoms with Crippen LogP contribution in [0.3, 0.4) is 0 Å². The normalized spacial score (nSPS) is 20.2. The quantitative estimate of drug-likeness (QED) is 0.888. The first-order valence-electron chi connectivity index (χ1n) is 6.61. The largest absolute Gasteiger partial charge is 0.478 e. The first kappa shape index (κ1) is 15.7. The summed E-state index contributed by atoms with van der Waals surface area (Å²) in [6.07, 6.45) is 1.70. The summed E-state index contributed by atoms with van der Waals surface area (Å²) in [5, 5.41) is 8.84. The molecule has 0 bridgehead atoms. The number of halogens is 1. The van der Waals surface area contributed by atoms with Crippen LogP contribution < -0.4 is 4.72 Å². The molecule has 116 valence electrons. The predicted molar refractivity (Wildman–Crippen MR) is 75.9 cm³/mol. The number of carbonyl (C=O) groups is 1. The highest BCUT2D eigenvalue weighted by Gasteiger charge is 2.28. The second-order valence-corrected chi connectivity index (χ2v) is 6.86. The molecule has 6 nitrogen and oxygen atoms in total. The molecule has 0 amide bonds. The smallest absolute Gasteiger partial charge is 0.338 e. The van der Waals surface area contributed by atoms with Crippen LogP contribution in [0, 0.1) is 11.7 Å². The van der Waals surface area contributed by atoms with E-state index in [4.69, 9.17) is 5.11 Å². The molecule has 1 aromatic rings. The molecule has 1 heterocycles. The molecular weight excluding hydrogens is 299 g/mol. The van der Waals surface area contributed by atoms with E-state index in [1.165, 1.54) is 16.4 Å². The van der Waals surface area contributed by atoms with Gasteiger partial charge in [-0.15, -0.1) is 0 Å². The average molecular weight is 316 g/mol. The molecule has 2 N–H and O–H groups in total. The minimum absolute atomic E-state index is 0.241. The molecule has 0 aromatic heterocycles. The molecule has 0 saturated carbocycles. The van der Waals surface area contributed by atoms with E-state index in [9.17, 15) is 17.6 Å². The lowest BCUT2D eigenvalue weighted by atomic mass is 10.0. The number of benzene rings is 1. The van der Waals surface area contributed by atoms with Crippen molar-refractivity contribution in [2.45, 2.75) is 19.8 Å². The summed E-state index contributed by atoms with van der Waals surface area (Å²) >= 11 is 0. The molecule has 1 aliphatic rings. The van der Waals surface area contributed by atoms with E-state index < -0.39 is 27.6 Å². The van der Waals surface area contributed by atoms with Crippen molar-refractivity contribution in [1.29, 1.82) is 0 Å². The van der Waals surface area contributed by atoms with Crippen molar-refractivity contribution < 1.29 is 22.7 Å². The second kappa shape index (κ2) is 5.98. The van der Waals surface area contributed by atoms with Gasteiger partial charge in [-0.2, -0.15) is 12.7 Å². The minimum Gasteiger partial charge on any atom is -0.478 e. The van der Waals surface area contributed by atoms with E-state index in [0.29, 0.717) is 13.1 Å². The van der Waals surface area contributed by atoms with Crippen molar-refractivity contribution >= 4 is 21.9 Å². The topological polar surface area (TPSA) is 86.7 Å². The van der Waals surface area contributed by atoms with Gasteiger partial charge in [0.25, 0.3) is 0 Å². The molecule has 1 saturated heterocycles. The number of aromatic carboxylic acids is 1. The molecule has 1 unspecified atom stereocenters. The zero-order valence-electron chi connectivity index (χ0n) is 11.5. The Kier molecular flexibility index (Phi) is 4.48. The van der Waals surface area contributed by atoms with Crippen molar-refractivity contribution in [3.8, 4) is 0 Å². The van der Waals surface area contributed by atoms with Gasteiger partial charge in [-0.3, -0.25) is 4.72 Å². The van der Waals surface area contributed by atoms with E-state index in [0.717, 1.165) is 18.9 Å². The summed E-state index contributed by atoms with van der Waals surface area (Å²) in [5.41, 5.74) is -0.921. The standard InChI is InChI=1S/C13H17FN2O4S/c1-9-4-3-7-16(8-9)21(19,20)15-11-6-2-5-10(12(11)14)13(17)18/h2,5-6,9,15H,3-4,7-8H2,1H3,(H,17,18). The Morgan fingerprint density at radius 1 is 1.48 bits per heavy atom. The third-order valence-corrected chi connectivity index (χ3v) is 4.92. The van der Waals surface area contributed by atoms with E-state index in [1.807, 2.05) is 6.92 Å². The fourth-order valence-electron chi connectivity index (χ4n) is 2.34. The van der Waals surface area contributed by atoms with Gasteiger partial charge in [0, 0.05) is 13.1 Å².